The Bertz CT molecular complexity index is 2830. The number of nitrogens with zero attached hydrogens (tertiary/aromatic N) is 4. The third-order valence-electron chi connectivity index (χ3n) is 14.1. The van der Waals surface area contributed by atoms with Gasteiger partial charge in [0.05, 0.1) is 22.9 Å². The van der Waals surface area contributed by atoms with E-state index in [2.05, 4.69) is 69.1 Å². The summed E-state index contributed by atoms with van der Waals surface area (Å²) in [6, 6.07) is 47.8. The van der Waals surface area contributed by atoms with Crippen LogP contribution in [-0.4, -0.2) is 41.1 Å². The first-order valence-electron chi connectivity index (χ1n) is 25.7. The standard InChI is InChI=1S/2C31H32N2O3S.K/c2*1-33(19-22-7-13-27(14-8-22)30(34)35)31-32-29(21-37-31)26-15-17-28(18-16-26)36-20-23-9-11-25(12-10-23)24-5-3-2-4-6-24;/h2*7-18,21,24H,2-6,19-20H2,1H3,(H,34,35);/q;;+1/p-1. The maximum atomic E-state index is 11.1. The van der Waals surface area contributed by atoms with E-state index in [0.717, 1.165) is 67.2 Å². The summed E-state index contributed by atoms with van der Waals surface area (Å²) in [7, 11) is 3.97. The fraction of sp³-hybridized carbons (Fsp3) is 0.290. The van der Waals surface area contributed by atoms with E-state index in [9.17, 15) is 14.7 Å². The molecule has 10 nitrogen and oxygen atoms in total. The monoisotopic (exact) mass is 1060 g/mol. The molecule has 13 heteroatoms. The van der Waals surface area contributed by atoms with Crippen LogP contribution >= 0.6 is 22.7 Å². The van der Waals surface area contributed by atoms with E-state index in [1.807, 2.05) is 74.8 Å². The van der Waals surface area contributed by atoms with Crippen LogP contribution in [0.15, 0.2) is 156 Å². The van der Waals surface area contributed by atoms with Gasteiger partial charge < -0.3 is 34.3 Å². The zero-order chi connectivity index (χ0) is 51.2. The number of anilines is 2. The maximum absolute atomic E-state index is 11.1. The molecular formula is C62H63KN4O6S2. The normalized spacial score (nSPS) is 13.7. The van der Waals surface area contributed by atoms with Crippen molar-refractivity contribution in [3.8, 4) is 34.0 Å². The van der Waals surface area contributed by atoms with Crippen LogP contribution in [0.25, 0.3) is 22.5 Å². The molecule has 0 aliphatic heterocycles. The summed E-state index contributed by atoms with van der Waals surface area (Å²) in [6.07, 6.45) is 13.5. The molecule has 2 aromatic heterocycles. The summed E-state index contributed by atoms with van der Waals surface area (Å²) in [6.45, 7) is 2.40. The average molecular weight is 1060 g/mol. The van der Waals surface area contributed by atoms with Crippen LogP contribution in [0.3, 0.4) is 0 Å². The number of thiazole rings is 2. The second-order valence-corrected chi connectivity index (χ2v) is 21.2. The van der Waals surface area contributed by atoms with Crippen LogP contribution in [0, 0.1) is 0 Å². The van der Waals surface area contributed by atoms with Crippen molar-refractivity contribution in [3.05, 3.63) is 201 Å². The van der Waals surface area contributed by atoms with Gasteiger partial charge in [-0.3, -0.25) is 0 Å². The number of carboxylic acid groups (broad SMARTS) is 2. The molecule has 380 valence electrons. The molecule has 6 aromatic carbocycles. The van der Waals surface area contributed by atoms with Gasteiger partial charge in [-0.05, 0) is 137 Å². The number of aromatic carboxylic acids is 2. The minimum Gasteiger partial charge on any atom is -0.545 e. The quantitative estimate of drug-likeness (QED) is 0.0830. The Morgan fingerprint density at radius 1 is 0.520 bits per heavy atom. The Morgan fingerprint density at radius 2 is 0.880 bits per heavy atom. The van der Waals surface area contributed by atoms with Crippen molar-refractivity contribution in [2.24, 2.45) is 0 Å². The molecule has 0 atom stereocenters. The molecule has 0 bridgehead atoms. The van der Waals surface area contributed by atoms with Gasteiger partial charge in [0.2, 0.25) is 0 Å². The third-order valence-corrected chi connectivity index (χ3v) is 16.0. The Labute approximate surface area is 491 Å². The number of benzene rings is 6. The zero-order valence-electron chi connectivity index (χ0n) is 43.2. The molecule has 8 aromatic rings. The van der Waals surface area contributed by atoms with Crippen molar-refractivity contribution in [3.63, 3.8) is 0 Å². The number of hydrogen-bond donors (Lipinski definition) is 1. The number of carboxylic acids is 2. The molecule has 75 heavy (non-hydrogen) atoms. The topological polar surface area (TPSA) is 128 Å². The number of rotatable bonds is 18. The Kier molecular flexibility index (Phi) is 20.3. The van der Waals surface area contributed by atoms with Crippen LogP contribution in [-0.2, 0) is 26.3 Å². The van der Waals surface area contributed by atoms with Crippen LogP contribution in [0.4, 0.5) is 10.3 Å². The summed E-state index contributed by atoms with van der Waals surface area (Å²) in [4.78, 5) is 35.7. The molecule has 10 rings (SSSR count). The molecule has 2 fully saturated rings. The third kappa shape index (κ3) is 15.7. The molecule has 2 aliphatic carbocycles. The molecule has 0 radical (unpaired) electrons. The minimum absolute atomic E-state index is 0. The van der Waals surface area contributed by atoms with Crippen molar-refractivity contribution in [1.82, 2.24) is 9.97 Å². The molecule has 0 spiro atoms. The molecule has 1 N–H and O–H groups in total. The molecule has 0 amide bonds. The van der Waals surface area contributed by atoms with Gasteiger partial charge in [0.15, 0.2) is 10.3 Å². The van der Waals surface area contributed by atoms with Crippen molar-refractivity contribution >= 4 is 44.9 Å². The van der Waals surface area contributed by atoms with Gasteiger partial charge >= 0.3 is 57.4 Å². The van der Waals surface area contributed by atoms with E-state index >= 15 is 0 Å². The zero-order valence-corrected chi connectivity index (χ0v) is 47.9. The summed E-state index contributed by atoms with van der Waals surface area (Å²) < 4.78 is 12.1. The number of hydrogen-bond acceptors (Lipinski definition) is 11. The van der Waals surface area contributed by atoms with Crippen molar-refractivity contribution in [2.75, 3.05) is 23.9 Å². The van der Waals surface area contributed by atoms with E-state index < -0.39 is 11.9 Å². The largest absolute Gasteiger partial charge is 1.00 e. The van der Waals surface area contributed by atoms with Gasteiger partial charge in [-0.25, -0.2) is 14.8 Å². The van der Waals surface area contributed by atoms with E-state index in [0.29, 0.717) is 31.9 Å². The van der Waals surface area contributed by atoms with Gasteiger partial charge in [0.25, 0.3) is 0 Å². The van der Waals surface area contributed by atoms with Crippen molar-refractivity contribution < 1.29 is 80.7 Å². The summed E-state index contributed by atoms with van der Waals surface area (Å²) >= 11 is 3.17. The van der Waals surface area contributed by atoms with Crippen LogP contribution in [0.5, 0.6) is 11.5 Å². The first kappa shape index (κ1) is 55.6. The van der Waals surface area contributed by atoms with Crippen molar-refractivity contribution in [2.45, 2.75) is 102 Å². The minimum atomic E-state index is -1.16. The fourth-order valence-electron chi connectivity index (χ4n) is 9.75. The SMILES string of the molecule is CN(Cc1ccc(C(=O)O)cc1)c1nc(-c2ccc(OCc3ccc(C4CCCCC4)cc3)cc2)cs1.CN(Cc1ccc(C(=O)[O-])cc1)c1nc(-c2ccc(OCc3ccc(C4CCCCC4)cc3)cc2)cs1.[K+]. The maximum Gasteiger partial charge on any atom is 1.00 e. The smallest absolute Gasteiger partial charge is 0.545 e. The second kappa shape index (κ2) is 27.4. The predicted octanol–water partition coefficient (Wildman–Crippen LogP) is 11.2. The molecular weight excluding hydrogens is 1000 g/mol. The Balaban J connectivity index is 0.000000197. The molecule has 2 heterocycles. The summed E-state index contributed by atoms with van der Waals surface area (Å²) in [5.74, 6) is 1.07. The van der Waals surface area contributed by atoms with Gasteiger partial charge in [0, 0.05) is 49.1 Å². The molecule has 2 aliphatic rings. The van der Waals surface area contributed by atoms with Gasteiger partial charge in [-0.15, -0.1) is 22.7 Å². The van der Waals surface area contributed by atoms with Crippen molar-refractivity contribution in [1.29, 1.82) is 0 Å². The van der Waals surface area contributed by atoms with E-state index in [1.54, 1.807) is 59.1 Å². The van der Waals surface area contributed by atoms with Gasteiger partial charge in [-0.2, -0.15) is 0 Å². The van der Waals surface area contributed by atoms with Crippen LogP contribution in [0.1, 0.15) is 130 Å². The summed E-state index contributed by atoms with van der Waals surface area (Å²) in [5, 5.41) is 25.9. The Morgan fingerprint density at radius 3 is 1.24 bits per heavy atom. The van der Waals surface area contributed by atoms with Gasteiger partial charge in [0.1, 0.15) is 24.7 Å². The second-order valence-electron chi connectivity index (χ2n) is 19.5. The van der Waals surface area contributed by atoms with E-state index in [-0.39, 0.29) is 56.9 Å². The first-order chi connectivity index (χ1) is 36.1. The molecule has 0 saturated heterocycles. The molecule has 0 unspecified atom stereocenters. The number of carbonyl (C=O) groups excluding carboxylic acids is 1. The first-order valence-corrected chi connectivity index (χ1v) is 27.5. The van der Waals surface area contributed by atoms with E-state index in [4.69, 9.17) is 24.5 Å². The van der Waals surface area contributed by atoms with Crippen LogP contribution < -0.4 is 75.8 Å². The number of aromatic nitrogens is 2. The number of ether oxygens (including phenoxy) is 2. The van der Waals surface area contributed by atoms with Gasteiger partial charge in [-0.1, -0.05) is 123 Å². The fourth-order valence-corrected chi connectivity index (χ4v) is 11.4. The van der Waals surface area contributed by atoms with E-state index in [1.165, 1.54) is 86.5 Å². The molecule has 2 saturated carbocycles. The predicted molar refractivity (Wildman–Crippen MR) is 297 cm³/mol. The number of carbonyl (C=O) groups is 2. The van der Waals surface area contributed by atoms with Crippen LogP contribution in [0.2, 0.25) is 0 Å². The summed E-state index contributed by atoms with van der Waals surface area (Å²) in [5.41, 5.74) is 11.8. The average Bonchev–Trinajstić information content (AvgIpc) is 4.16. The Hall–Kier alpha value is -5.64.